The van der Waals surface area contributed by atoms with E-state index in [0.717, 1.165) is 17.0 Å². The predicted octanol–water partition coefficient (Wildman–Crippen LogP) is 2.78. The lowest BCUT2D eigenvalue weighted by molar-refractivity contribution is -0.0401. The summed E-state index contributed by atoms with van der Waals surface area (Å²) in [5.74, 6) is 0.749. The number of rotatable bonds is 7. The highest BCUT2D eigenvalue weighted by Crippen LogP contribution is 2.12. The van der Waals surface area contributed by atoms with Crippen molar-refractivity contribution >= 4 is 0 Å². The van der Waals surface area contributed by atoms with Gasteiger partial charge in [0, 0.05) is 7.11 Å². The fourth-order valence-electron chi connectivity index (χ4n) is 1.55. The van der Waals surface area contributed by atoms with Gasteiger partial charge in [-0.15, -0.1) is 0 Å². The van der Waals surface area contributed by atoms with E-state index in [0.29, 0.717) is 13.2 Å². The summed E-state index contributed by atoms with van der Waals surface area (Å²) >= 11 is 0. The molecule has 0 saturated heterocycles. The van der Waals surface area contributed by atoms with Crippen LogP contribution in [0.3, 0.4) is 0 Å². The third-order valence-corrected chi connectivity index (χ3v) is 2.50. The van der Waals surface area contributed by atoms with Crippen molar-refractivity contribution in [2.24, 2.45) is 0 Å². The van der Waals surface area contributed by atoms with Gasteiger partial charge in [0.25, 0.3) is 0 Å². The summed E-state index contributed by atoms with van der Waals surface area (Å²) in [6, 6.07) is 13.8. The smallest absolute Gasteiger partial charge is 0.146 e. The van der Waals surface area contributed by atoms with Crippen molar-refractivity contribution in [3.8, 4) is 5.75 Å². The molecule has 0 aliphatic carbocycles. The Morgan fingerprint density at radius 3 is 2.53 bits per heavy atom. The fraction of sp³-hybridized carbons (Fsp3) is 0.267. The average Bonchev–Trinajstić information content (AvgIpc) is 2.48. The number of hydrogen-bond acceptors (Lipinski definition) is 4. The number of ether oxygens (including phenoxy) is 3. The minimum absolute atomic E-state index is 0.272. The van der Waals surface area contributed by atoms with E-state index < -0.39 is 0 Å². The summed E-state index contributed by atoms with van der Waals surface area (Å²) in [5.41, 5.74) is 1.99. The molecule has 2 aromatic rings. The molecule has 1 heterocycles. The van der Waals surface area contributed by atoms with Crippen molar-refractivity contribution < 1.29 is 14.2 Å². The molecule has 1 aromatic heterocycles. The summed E-state index contributed by atoms with van der Waals surface area (Å²) in [7, 11) is 1.59. The van der Waals surface area contributed by atoms with Gasteiger partial charge in [-0.05, 0) is 17.7 Å². The molecule has 2 rings (SSSR count). The lowest BCUT2D eigenvalue weighted by Gasteiger charge is -2.07. The van der Waals surface area contributed by atoms with Gasteiger partial charge in [0.1, 0.15) is 19.1 Å². The maximum Gasteiger partial charge on any atom is 0.146 e. The Bertz CT molecular complexity index is 471. The Labute approximate surface area is 113 Å². The molecule has 0 radical (unpaired) electrons. The van der Waals surface area contributed by atoms with E-state index in [1.165, 1.54) is 0 Å². The highest BCUT2D eigenvalue weighted by molar-refractivity contribution is 5.21. The molecule has 0 atom stereocenters. The normalized spacial score (nSPS) is 10.4. The fourth-order valence-corrected chi connectivity index (χ4v) is 1.55. The van der Waals surface area contributed by atoms with Gasteiger partial charge < -0.3 is 14.2 Å². The predicted molar refractivity (Wildman–Crippen MR) is 71.7 cm³/mol. The summed E-state index contributed by atoms with van der Waals surface area (Å²) in [6.07, 6.45) is 1.70. The lowest BCUT2D eigenvalue weighted by Crippen LogP contribution is -2.00. The molecule has 0 amide bonds. The van der Waals surface area contributed by atoms with E-state index in [-0.39, 0.29) is 6.79 Å². The quantitative estimate of drug-likeness (QED) is 0.566. The van der Waals surface area contributed by atoms with E-state index in [2.05, 4.69) is 4.98 Å². The average molecular weight is 259 g/mol. The zero-order valence-corrected chi connectivity index (χ0v) is 10.9. The number of pyridine rings is 1. The van der Waals surface area contributed by atoms with Crippen LogP contribution in [0, 0.1) is 0 Å². The van der Waals surface area contributed by atoms with Gasteiger partial charge in [0.05, 0.1) is 18.5 Å². The van der Waals surface area contributed by atoms with Crippen LogP contribution in [0.2, 0.25) is 0 Å². The molecular weight excluding hydrogens is 242 g/mol. The summed E-state index contributed by atoms with van der Waals surface area (Å²) in [6.45, 7) is 1.25. The van der Waals surface area contributed by atoms with Crippen LogP contribution >= 0.6 is 0 Å². The van der Waals surface area contributed by atoms with Crippen LogP contribution in [0.4, 0.5) is 0 Å². The monoisotopic (exact) mass is 259 g/mol. The molecule has 0 aliphatic rings. The Morgan fingerprint density at radius 1 is 1.00 bits per heavy atom. The number of benzene rings is 1. The van der Waals surface area contributed by atoms with Gasteiger partial charge in [-0.1, -0.05) is 30.3 Å². The molecule has 0 fully saturated rings. The van der Waals surface area contributed by atoms with Crippen LogP contribution in [0.25, 0.3) is 0 Å². The van der Waals surface area contributed by atoms with E-state index >= 15 is 0 Å². The molecule has 0 aliphatic heterocycles. The molecule has 0 unspecified atom stereocenters. The molecule has 0 saturated carbocycles. The topological polar surface area (TPSA) is 40.6 Å². The van der Waals surface area contributed by atoms with Gasteiger partial charge in [0.15, 0.2) is 0 Å². The van der Waals surface area contributed by atoms with Crippen molar-refractivity contribution in [2.45, 2.75) is 13.2 Å². The Kier molecular flexibility index (Phi) is 5.34. The molecular formula is C15H17NO3. The zero-order valence-electron chi connectivity index (χ0n) is 10.9. The standard InChI is InChI=1S/C15H17NO3/c1-17-12-18-11-14-7-8-15(9-16-14)19-10-13-5-3-2-4-6-13/h2-9H,10-12H2,1H3. The van der Waals surface area contributed by atoms with Crippen LogP contribution < -0.4 is 4.74 Å². The second-order valence-electron chi connectivity index (χ2n) is 4.01. The Morgan fingerprint density at radius 2 is 1.84 bits per heavy atom. The SMILES string of the molecule is COCOCc1ccc(OCc2ccccc2)cn1. The molecule has 0 bridgehead atoms. The summed E-state index contributed by atoms with van der Waals surface area (Å²) in [5, 5.41) is 0. The molecule has 4 nitrogen and oxygen atoms in total. The van der Waals surface area contributed by atoms with Crippen molar-refractivity contribution in [2.75, 3.05) is 13.9 Å². The Balaban J connectivity index is 1.81. The van der Waals surface area contributed by atoms with Crippen LogP contribution in [-0.2, 0) is 22.7 Å². The molecule has 4 heteroatoms. The number of nitrogens with zero attached hydrogens (tertiary/aromatic N) is 1. The van der Waals surface area contributed by atoms with Crippen LogP contribution in [0.5, 0.6) is 5.75 Å². The molecule has 19 heavy (non-hydrogen) atoms. The van der Waals surface area contributed by atoms with Crippen LogP contribution in [-0.4, -0.2) is 18.9 Å². The van der Waals surface area contributed by atoms with Gasteiger partial charge in [-0.3, -0.25) is 4.98 Å². The van der Waals surface area contributed by atoms with E-state index in [1.807, 2.05) is 42.5 Å². The molecule has 1 aromatic carbocycles. The summed E-state index contributed by atoms with van der Waals surface area (Å²) < 4.78 is 15.7. The molecule has 0 N–H and O–H groups in total. The lowest BCUT2D eigenvalue weighted by atomic mass is 10.2. The number of aromatic nitrogens is 1. The summed E-state index contributed by atoms with van der Waals surface area (Å²) in [4.78, 5) is 4.26. The highest BCUT2D eigenvalue weighted by Gasteiger charge is 1.98. The van der Waals surface area contributed by atoms with Crippen LogP contribution in [0.15, 0.2) is 48.7 Å². The first-order valence-electron chi connectivity index (χ1n) is 6.07. The number of hydrogen-bond donors (Lipinski definition) is 0. The van der Waals surface area contributed by atoms with Crippen molar-refractivity contribution in [1.82, 2.24) is 4.98 Å². The van der Waals surface area contributed by atoms with Gasteiger partial charge in [-0.2, -0.15) is 0 Å². The second kappa shape index (κ2) is 7.51. The molecule has 0 spiro atoms. The third-order valence-electron chi connectivity index (χ3n) is 2.50. The first-order chi connectivity index (χ1) is 9.38. The Hall–Kier alpha value is -1.91. The largest absolute Gasteiger partial charge is 0.487 e. The maximum atomic E-state index is 5.64. The molecule has 100 valence electrons. The van der Waals surface area contributed by atoms with Gasteiger partial charge in [-0.25, -0.2) is 0 Å². The first-order valence-corrected chi connectivity index (χ1v) is 6.07. The zero-order chi connectivity index (χ0) is 13.3. The van der Waals surface area contributed by atoms with E-state index in [9.17, 15) is 0 Å². The van der Waals surface area contributed by atoms with Crippen molar-refractivity contribution in [1.29, 1.82) is 0 Å². The van der Waals surface area contributed by atoms with E-state index in [1.54, 1.807) is 13.3 Å². The minimum atomic E-state index is 0.272. The minimum Gasteiger partial charge on any atom is -0.487 e. The highest BCUT2D eigenvalue weighted by atomic mass is 16.7. The van der Waals surface area contributed by atoms with Crippen molar-refractivity contribution in [3.63, 3.8) is 0 Å². The first kappa shape index (κ1) is 13.5. The van der Waals surface area contributed by atoms with Crippen molar-refractivity contribution in [3.05, 3.63) is 59.9 Å². The third kappa shape index (κ3) is 4.69. The van der Waals surface area contributed by atoms with Gasteiger partial charge in [0.2, 0.25) is 0 Å². The van der Waals surface area contributed by atoms with E-state index in [4.69, 9.17) is 14.2 Å². The van der Waals surface area contributed by atoms with Crippen LogP contribution in [0.1, 0.15) is 11.3 Å². The second-order valence-corrected chi connectivity index (χ2v) is 4.01. The van der Waals surface area contributed by atoms with Gasteiger partial charge >= 0.3 is 0 Å². The maximum absolute atomic E-state index is 5.64. The number of methoxy groups -OCH3 is 1.